The minimum absolute atomic E-state index is 0.0928. The molecule has 3 atom stereocenters. The summed E-state index contributed by atoms with van der Waals surface area (Å²) >= 11 is 0. The van der Waals surface area contributed by atoms with Gasteiger partial charge in [-0.2, -0.15) is 0 Å². The molecule has 1 N–H and O–H groups in total. The molecule has 0 aromatic heterocycles. The summed E-state index contributed by atoms with van der Waals surface area (Å²) in [6.45, 7) is 11.9. The smallest absolute Gasteiger partial charge is 0.239 e. The number of carbonyl (C=O) groups excluding carboxylic acids is 1. The molecular formula is C15H28N2O3. The Hall–Kier alpha value is -0.650. The molecule has 3 unspecified atom stereocenters. The van der Waals surface area contributed by atoms with Crippen LogP contribution in [0.3, 0.4) is 0 Å². The van der Waals surface area contributed by atoms with Gasteiger partial charge in [-0.1, -0.05) is 13.8 Å². The quantitative estimate of drug-likeness (QED) is 0.819. The fourth-order valence-electron chi connectivity index (χ4n) is 3.08. The monoisotopic (exact) mass is 284 g/mol. The molecular weight excluding hydrogens is 256 g/mol. The van der Waals surface area contributed by atoms with Gasteiger partial charge in [0.1, 0.15) is 0 Å². The highest BCUT2D eigenvalue weighted by molar-refractivity contribution is 5.81. The molecule has 0 aromatic rings. The first-order chi connectivity index (χ1) is 9.46. The van der Waals surface area contributed by atoms with Crippen LogP contribution >= 0.6 is 0 Å². The van der Waals surface area contributed by atoms with Gasteiger partial charge < -0.3 is 19.7 Å². The number of morpholine rings is 1. The summed E-state index contributed by atoms with van der Waals surface area (Å²) in [5.41, 5.74) is 0.0928. The third kappa shape index (κ3) is 3.15. The molecule has 0 spiro atoms. The van der Waals surface area contributed by atoms with Crippen molar-refractivity contribution in [2.24, 2.45) is 5.41 Å². The molecule has 1 aliphatic heterocycles. The third-order valence-corrected chi connectivity index (χ3v) is 4.69. The van der Waals surface area contributed by atoms with E-state index in [1.54, 1.807) is 0 Å². The molecule has 5 nitrogen and oxygen atoms in total. The number of amides is 1. The zero-order chi connectivity index (χ0) is 14.8. The van der Waals surface area contributed by atoms with E-state index in [4.69, 9.17) is 9.47 Å². The molecule has 0 aromatic carbocycles. The van der Waals surface area contributed by atoms with Crippen LogP contribution in [0.15, 0.2) is 0 Å². The number of ether oxygens (including phenoxy) is 2. The molecule has 2 fully saturated rings. The molecule has 0 bridgehead atoms. The summed E-state index contributed by atoms with van der Waals surface area (Å²) < 4.78 is 11.0. The fraction of sp³-hybridized carbons (Fsp3) is 0.933. The molecule has 20 heavy (non-hydrogen) atoms. The predicted molar refractivity (Wildman–Crippen MR) is 77.6 cm³/mol. The number of nitrogens with one attached hydrogen (secondary N) is 1. The predicted octanol–water partition coefficient (Wildman–Crippen LogP) is 1.03. The van der Waals surface area contributed by atoms with Gasteiger partial charge in [0.15, 0.2) is 0 Å². The van der Waals surface area contributed by atoms with Crippen molar-refractivity contribution >= 4 is 5.91 Å². The first-order valence-corrected chi connectivity index (χ1v) is 7.71. The van der Waals surface area contributed by atoms with Crippen molar-refractivity contribution in [3.63, 3.8) is 0 Å². The van der Waals surface area contributed by atoms with Crippen molar-refractivity contribution in [2.45, 2.75) is 52.3 Å². The summed E-state index contributed by atoms with van der Waals surface area (Å²) in [6.07, 6.45) is 1.29. The van der Waals surface area contributed by atoms with Crippen molar-refractivity contribution in [3.05, 3.63) is 0 Å². The molecule has 1 amide bonds. The standard InChI is InChI=1S/C15H28N2O3/c1-5-20-13-10-12(15(13,3)4)16-11(2)14(18)17-6-8-19-9-7-17/h11-13,16H,5-10H2,1-4H3. The second-order valence-electron chi connectivity index (χ2n) is 6.38. The highest BCUT2D eigenvalue weighted by Gasteiger charge is 2.49. The molecule has 1 saturated carbocycles. The zero-order valence-corrected chi connectivity index (χ0v) is 13.1. The Morgan fingerprint density at radius 1 is 1.45 bits per heavy atom. The molecule has 2 aliphatic rings. The lowest BCUT2D eigenvalue weighted by Gasteiger charge is -2.52. The van der Waals surface area contributed by atoms with E-state index >= 15 is 0 Å². The summed E-state index contributed by atoms with van der Waals surface area (Å²) in [5.74, 6) is 0.184. The van der Waals surface area contributed by atoms with Crippen molar-refractivity contribution < 1.29 is 14.3 Å². The maximum atomic E-state index is 12.4. The van der Waals surface area contributed by atoms with Gasteiger partial charge in [-0.3, -0.25) is 4.79 Å². The Morgan fingerprint density at radius 2 is 2.10 bits per heavy atom. The average Bonchev–Trinajstić information content (AvgIpc) is 2.46. The van der Waals surface area contributed by atoms with Gasteiger partial charge in [-0.25, -0.2) is 0 Å². The number of rotatable bonds is 5. The number of carbonyl (C=O) groups is 1. The van der Waals surface area contributed by atoms with Gasteiger partial charge in [0, 0.05) is 31.2 Å². The van der Waals surface area contributed by atoms with E-state index in [-0.39, 0.29) is 17.4 Å². The summed E-state index contributed by atoms with van der Waals surface area (Å²) in [4.78, 5) is 14.3. The second kappa shape index (κ2) is 6.41. The molecule has 1 heterocycles. The van der Waals surface area contributed by atoms with E-state index in [1.165, 1.54) is 0 Å². The number of hydrogen-bond donors (Lipinski definition) is 1. The van der Waals surface area contributed by atoms with E-state index < -0.39 is 0 Å². The second-order valence-corrected chi connectivity index (χ2v) is 6.38. The van der Waals surface area contributed by atoms with Crippen LogP contribution in [0.25, 0.3) is 0 Å². The lowest BCUT2D eigenvalue weighted by Crippen LogP contribution is -2.64. The molecule has 1 aliphatic carbocycles. The van der Waals surface area contributed by atoms with Gasteiger partial charge in [0.2, 0.25) is 5.91 Å². The Bertz CT molecular complexity index is 340. The molecule has 1 saturated heterocycles. The highest BCUT2D eigenvalue weighted by Crippen LogP contribution is 2.42. The zero-order valence-electron chi connectivity index (χ0n) is 13.1. The molecule has 116 valence electrons. The minimum Gasteiger partial charge on any atom is -0.378 e. The van der Waals surface area contributed by atoms with Gasteiger partial charge in [0.05, 0.1) is 25.4 Å². The van der Waals surface area contributed by atoms with Crippen LogP contribution in [-0.2, 0) is 14.3 Å². The Morgan fingerprint density at radius 3 is 2.65 bits per heavy atom. The van der Waals surface area contributed by atoms with Crippen LogP contribution in [0.1, 0.15) is 34.1 Å². The van der Waals surface area contributed by atoms with Crippen LogP contribution in [-0.4, -0.2) is 61.9 Å². The Kier molecular flexibility index (Phi) is 5.04. The van der Waals surface area contributed by atoms with Crippen LogP contribution in [0.5, 0.6) is 0 Å². The van der Waals surface area contributed by atoms with Gasteiger partial charge in [0.25, 0.3) is 0 Å². The summed E-state index contributed by atoms with van der Waals surface area (Å²) in [6, 6.07) is 0.207. The normalized spacial score (nSPS) is 30.7. The van der Waals surface area contributed by atoms with Crippen molar-refractivity contribution in [3.8, 4) is 0 Å². The maximum Gasteiger partial charge on any atom is 0.239 e. The maximum absolute atomic E-state index is 12.4. The van der Waals surface area contributed by atoms with Gasteiger partial charge in [-0.05, 0) is 20.3 Å². The Labute approximate surface area is 122 Å². The average molecular weight is 284 g/mol. The van der Waals surface area contributed by atoms with Crippen LogP contribution < -0.4 is 5.32 Å². The largest absolute Gasteiger partial charge is 0.378 e. The van der Waals surface area contributed by atoms with Crippen molar-refractivity contribution in [1.29, 1.82) is 0 Å². The number of nitrogens with zero attached hydrogens (tertiary/aromatic N) is 1. The topological polar surface area (TPSA) is 50.8 Å². The lowest BCUT2D eigenvalue weighted by molar-refractivity contribution is -0.142. The van der Waals surface area contributed by atoms with E-state index in [0.717, 1.165) is 13.0 Å². The molecule has 0 radical (unpaired) electrons. The lowest BCUT2D eigenvalue weighted by atomic mass is 9.64. The van der Waals surface area contributed by atoms with E-state index in [2.05, 4.69) is 19.2 Å². The first kappa shape index (κ1) is 15.7. The van der Waals surface area contributed by atoms with Gasteiger partial charge >= 0.3 is 0 Å². The van der Waals surface area contributed by atoms with E-state index in [0.29, 0.717) is 38.4 Å². The van der Waals surface area contributed by atoms with E-state index in [9.17, 15) is 4.79 Å². The van der Waals surface area contributed by atoms with Gasteiger partial charge in [-0.15, -0.1) is 0 Å². The van der Waals surface area contributed by atoms with E-state index in [1.807, 2.05) is 18.7 Å². The minimum atomic E-state index is -0.139. The van der Waals surface area contributed by atoms with Crippen LogP contribution in [0.4, 0.5) is 0 Å². The van der Waals surface area contributed by atoms with Crippen LogP contribution in [0, 0.1) is 5.41 Å². The molecule has 2 rings (SSSR count). The Balaban J connectivity index is 1.82. The van der Waals surface area contributed by atoms with Crippen LogP contribution in [0.2, 0.25) is 0 Å². The fourth-order valence-corrected chi connectivity index (χ4v) is 3.08. The van der Waals surface area contributed by atoms with Crippen molar-refractivity contribution in [1.82, 2.24) is 10.2 Å². The highest BCUT2D eigenvalue weighted by atomic mass is 16.5. The summed E-state index contributed by atoms with van der Waals surface area (Å²) in [5, 5.41) is 3.48. The molecule has 5 heteroatoms. The summed E-state index contributed by atoms with van der Waals surface area (Å²) in [7, 11) is 0. The first-order valence-electron chi connectivity index (χ1n) is 7.71. The third-order valence-electron chi connectivity index (χ3n) is 4.69. The van der Waals surface area contributed by atoms with Crippen molar-refractivity contribution in [2.75, 3.05) is 32.9 Å². The number of hydrogen-bond acceptors (Lipinski definition) is 4. The SMILES string of the molecule is CCOC1CC(NC(C)C(=O)N2CCOCC2)C1(C)C.